The number of benzene rings is 1. The normalized spacial score (nSPS) is 11.6. The predicted molar refractivity (Wildman–Crippen MR) is 97.9 cm³/mol. The summed E-state index contributed by atoms with van der Waals surface area (Å²) in [6.45, 7) is -3.37. The maximum Gasteiger partial charge on any atom is 0.388 e. The first-order valence-corrected chi connectivity index (χ1v) is 8.55. The van der Waals surface area contributed by atoms with Gasteiger partial charge in [0.25, 0.3) is 0 Å². The Bertz CT molecular complexity index is 934. The number of aryl methyl sites for hydroxylation is 1. The summed E-state index contributed by atoms with van der Waals surface area (Å²) in [4.78, 5) is 11.3. The lowest BCUT2D eigenvalue weighted by molar-refractivity contribution is -0.135. The number of rotatable bonds is 8. The molecule has 2 aromatic rings. The van der Waals surface area contributed by atoms with Gasteiger partial charge in [-0.3, -0.25) is 0 Å². The zero-order valence-corrected chi connectivity index (χ0v) is 16.9. The summed E-state index contributed by atoms with van der Waals surface area (Å²) in [6.07, 6.45) is 1.06. The van der Waals surface area contributed by atoms with Crippen molar-refractivity contribution in [2.45, 2.75) is 6.61 Å². The van der Waals surface area contributed by atoms with Crippen molar-refractivity contribution in [1.29, 1.82) is 0 Å². The van der Waals surface area contributed by atoms with Crippen LogP contribution in [0.5, 0.6) is 11.6 Å². The van der Waals surface area contributed by atoms with Gasteiger partial charge in [-0.2, -0.15) is 13.9 Å². The number of aromatic nitrogens is 2. The third-order valence-corrected chi connectivity index (χ3v) is 4.17. The number of carbonyl (C=O) groups is 1. The molecule has 0 bridgehead atoms. The van der Waals surface area contributed by atoms with Crippen molar-refractivity contribution in [3.63, 3.8) is 0 Å². The standard InChI is InChI=1S/C17H15Cl2F3N2O5/c1-24-16(29-17(21)22)14(19)15(23-24)9-5-12(10(18)6-11(9)20)28-7-8(26-2)4-13(25)27-3/h4-6,17H,7H2,1-3H3/b8-4-. The molecular formula is C17H15Cl2F3N2O5. The van der Waals surface area contributed by atoms with Gasteiger partial charge in [-0.15, -0.1) is 0 Å². The molecule has 1 heterocycles. The lowest BCUT2D eigenvalue weighted by Gasteiger charge is -2.12. The lowest BCUT2D eigenvalue weighted by Crippen LogP contribution is -2.07. The van der Waals surface area contributed by atoms with Crippen LogP contribution in [0.1, 0.15) is 0 Å². The first-order valence-electron chi connectivity index (χ1n) is 7.79. The maximum atomic E-state index is 14.4. The first-order chi connectivity index (χ1) is 13.7. The van der Waals surface area contributed by atoms with Crippen LogP contribution < -0.4 is 9.47 Å². The van der Waals surface area contributed by atoms with Crippen LogP contribution in [0, 0.1) is 5.82 Å². The van der Waals surface area contributed by atoms with Crippen molar-refractivity contribution in [2.24, 2.45) is 7.05 Å². The van der Waals surface area contributed by atoms with Crippen molar-refractivity contribution in [3.8, 4) is 22.9 Å². The Hall–Kier alpha value is -2.59. The molecule has 0 aliphatic heterocycles. The zero-order valence-electron chi connectivity index (χ0n) is 15.3. The molecule has 0 amide bonds. The van der Waals surface area contributed by atoms with Crippen LogP contribution in [0.25, 0.3) is 11.3 Å². The van der Waals surface area contributed by atoms with Crippen molar-refractivity contribution in [3.05, 3.63) is 39.8 Å². The van der Waals surface area contributed by atoms with Crippen molar-refractivity contribution in [1.82, 2.24) is 9.78 Å². The van der Waals surface area contributed by atoms with Crippen LogP contribution in [-0.4, -0.2) is 43.2 Å². The molecule has 7 nitrogen and oxygen atoms in total. The van der Waals surface area contributed by atoms with Gasteiger partial charge in [-0.1, -0.05) is 23.2 Å². The highest BCUT2D eigenvalue weighted by molar-refractivity contribution is 6.34. The van der Waals surface area contributed by atoms with Gasteiger partial charge in [0.1, 0.15) is 34.6 Å². The number of alkyl halides is 2. The van der Waals surface area contributed by atoms with Crippen molar-refractivity contribution < 1.29 is 36.9 Å². The number of nitrogens with zero attached hydrogens (tertiary/aromatic N) is 2. The predicted octanol–water partition coefficient (Wildman–Crippen LogP) is 4.22. The van der Waals surface area contributed by atoms with E-state index in [1.165, 1.54) is 27.3 Å². The number of ether oxygens (including phenoxy) is 4. The van der Waals surface area contributed by atoms with E-state index in [2.05, 4.69) is 14.6 Å². The largest absolute Gasteiger partial charge is 0.497 e. The van der Waals surface area contributed by atoms with Crippen LogP contribution >= 0.6 is 23.2 Å². The van der Waals surface area contributed by atoms with Gasteiger partial charge in [-0.25, -0.2) is 13.9 Å². The quantitative estimate of drug-likeness (QED) is 0.337. The monoisotopic (exact) mass is 454 g/mol. The van der Waals surface area contributed by atoms with E-state index >= 15 is 0 Å². The summed E-state index contributed by atoms with van der Waals surface area (Å²) in [6, 6.07) is 2.13. The van der Waals surface area contributed by atoms with Crippen molar-refractivity contribution >= 4 is 29.2 Å². The van der Waals surface area contributed by atoms with E-state index in [1.807, 2.05) is 0 Å². The summed E-state index contributed by atoms with van der Waals surface area (Å²) in [5.41, 5.74) is -0.314. The second kappa shape index (κ2) is 9.75. The van der Waals surface area contributed by atoms with Crippen LogP contribution in [0.3, 0.4) is 0 Å². The van der Waals surface area contributed by atoms with Gasteiger partial charge in [0.05, 0.1) is 25.3 Å². The summed E-state index contributed by atoms with van der Waals surface area (Å²) in [5, 5.41) is 3.51. The summed E-state index contributed by atoms with van der Waals surface area (Å²) in [5.74, 6) is -1.79. The highest BCUT2D eigenvalue weighted by Gasteiger charge is 2.23. The molecule has 29 heavy (non-hydrogen) atoms. The van der Waals surface area contributed by atoms with E-state index in [0.717, 1.165) is 16.8 Å². The molecule has 0 N–H and O–H groups in total. The Labute approximate surface area is 173 Å². The minimum absolute atomic E-state index is 0.00827. The second-order valence-electron chi connectivity index (χ2n) is 5.36. The lowest BCUT2D eigenvalue weighted by atomic mass is 10.1. The Kier molecular flexibility index (Phi) is 7.63. The Morgan fingerprint density at radius 3 is 2.55 bits per heavy atom. The van der Waals surface area contributed by atoms with E-state index in [-0.39, 0.29) is 39.4 Å². The number of halogens is 5. The average Bonchev–Trinajstić information content (AvgIpc) is 2.93. The fraction of sp³-hybridized carbons (Fsp3) is 0.294. The number of hydrogen-bond acceptors (Lipinski definition) is 6. The minimum Gasteiger partial charge on any atom is -0.497 e. The van der Waals surface area contributed by atoms with Gasteiger partial charge in [-0.05, 0) is 12.1 Å². The van der Waals surface area contributed by atoms with Crippen LogP contribution in [-0.2, 0) is 21.3 Å². The second-order valence-corrected chi connectivity index (χ2v) is 6.14. The number of carbonyl (C=O) groups excluding carboxylic acids is 1. The summed E-state index contributed by atoms with van der Waals surface area (Å²) < 4.78 is 59.7. The first kappa shape index (κ1) is 22.7. The van der Waals surface area contributed by atoms with Crippen LogP contribution in [0.15, 0.2) is 24.0 Å². The van der Waals surface area contributed by atoms with Crippen LogP contribution in [0.4, 0.5) is 13.2 Å². The fourth-order valence-electron chi connectivity index (χ4n) is 2.19. The molecular weight excluding hydrogens is 440 g/mol. The Balaban J connectivity index is 2.37. The molecule has 0 saturated carbocycles. The molecule has 0 aliphatic rings. The van der Waals surface area contributed by atoms with Gasteiger partial charge < -0.3 is 18.9 Å². The average molecular weight is 455 g/mol. The molecule has 0 radical (unpaired) electrons. The van der Waals surface area contributed by atoms with Gasteiger partial charge in [0.2, 0.25) is 5.88 Å². The molecule has 0 saturated heterocycles. The summed E-state index contributed by atoms with van der Waals surface area (Å²) in [7, 11) is 3.81. The molecule has 0 aliphatic carbocycles. The number of esters is 1. The topological polar surface area (TPSA) is 71.8 Å². The number of methoxy groups -OCH3 is 2. The molecule has 0 unspecified atom stereocenters. The van der Waals surface area contributed by atoms with E-state index in [4.69, 9.17) is 32.7 Å². The minimum atomic E-state index is -3.14. The fourth-order valence-corrected chi connectivity index (χ4v) is 2.70. The molecule has 0 spiro atoms. The SMILES string of the molecule is COC(=O)/C=C(/COc1cc(-c2nn(C)c(OC(F)F)c2Cl)c(F)cc1Cl)OC. The molecule has 158 valence electrons. The maximum absolute atomic E-state index is 14.4. The third-order valence-electron chi connectivity index (χ3n) is 3.53. The van der Waals surface area contributed by atoms with E-state index in [9.17, 15) is 18.0 Å². The Morgan fingerprint density at radius 1 is 1.28 bits per heavy atom. The van der Waals surface area contributed by atoms with Gasteiger partial charge >= 0.3 is 12.6 Å². The number of hydrogen-bond donors (Lipinski definition) is 0. The molecule has 0 fully saturated rings. The Morgan fingerprint density at radius 2 is 1.97 bits per heavy atom. The van der Waals surface area contributed by atoms with Gasteiger partial charge in [0.15, 0.2) is 0 Å². The van der Waals surface area contributed by atoms with Crippen LogP contribution in [0.2, 0.25) is 10.0 Å². The third kappa shape index (κ3) is 5.48. The van der Waals surface area contributed by atoms with Gasteiger partial charge in [0, 0.05) is 12.6 Å². The summed E-state index contributed by atoms with van der Waals surface area (Å²) >= 11 is 12.0. The van der Waals surface area contributed by atoms with E-state index in [1.54, 1.807) is 0 Å². The van der Waals surface area contributed by atoms with Crippen molar-refractivity contribution in [2.75, 3.05) is 20.8 Å². The van der Waals surface area contributed by atoms with E-state index in [0.29, 0.717) is 0 Å². The molecule has 2 rings (SSSR count). The molecule has 1 aromatic heterocycles. The smallest absolute Gasteiger partial charge is 0.388 e. The highest BCUT2D eigenvalue weighted by Crippen LogP contribution is 2.39. The molecule has 1 aromatic carbocycles. The molecule has 12 heteroatoms. The zero-order chi connectivity index (χ0) is 21.7. The molecule has 0 atom stereocenters. The highest BCUT2D eigenvalue weighted by atomic mass is 35.5. The van der Waals surface area contributed by atoms with E-state index < -0.39 is 24.3 Å².